The van der Waals surface area contributed by atoms with Crippen molar-refractivity contribution in [3.05, 3.63) is 35.4 Å². The van der Waals surface area contributed by atoms with E-state index in [4.69, 9.17) is 11.5 Å². The van der Waals surface area contributed by atoms with Crippen LogP contribution in [0.5, 0.6) is 0 Å². The maximum atomic E-state index is 13.7. The number of carbonyl (C=O) groups excluding carboxylic acids is 1. The minimum absolute atomic E-state index is 0.0554. The lowest BCUT2D eigenvalue weighted by Gasteiger charge is -2.07. The summed E-state index contributed by atoms with van der Waals surface area (Å²) in [6, 6.07) is 0. The molecule has 0 amide bonds. The van der Waals surface area contributed by atoms with Crippen LogP contribution in [0.25, 0.3) is 0 Å². The van der Waals surface area contributed by atoms with Crippen molar-refractivity contribution in [2.75, 3.05) is 0 Å². The number of nitrogens with zero attached hydrogens (tertiary/aromatic N) is 3. The highest BCUT2D eigenvalue weighted by atomic mass is 19.1. The summed E-state index contributed by atoms with van der Waals surface area (Å²) in [7, 11) is 0. The average Bonchev–Trinajstić information content (AvgIpc) is 2.81. The van der Waals surface area contributed by atoms with Crippen LogP contribution in [0.3, 0.4) is 0 Å². The van der Waals surface area contributed by atoms with Gasteiger partial charge in [-0.05, 0) is 31.9 Å². The molecule has 1 rings (SSSR count). The normalized spacial score (nSPS) is 14.4. The predicted octanol–water partition coefficient (Wildman–Crippen LogP) is 0.914. The molecule has 0 fully saturated rings. The Morgan fingerprint density at radius 2 is 2.26 bits per heavy atom. The predicted molar refractivity (Wildman–Crippen MR) is 69.8 cm³/mol. The summed E-state index contributed by atoms with van der Waals surface area (Å²) in [6.07, 6.45) is 4.92. The molecule has 19 heavy (non-hydrogen) atoms. The summed E-state index contributed by atoms with van der Waals surface area (Å²) in [5.41, 5.74) is 12.6. The molecule has 7 heteroatoms. The number of allylic oxidation sites excluding steroid dienone is 4. The van der Waals surface area contributed by atoms with Crippen LogP contribution in [-0.4, -0.2) is 27.5 Å². The fraction of sp³-hybridized carbons (Fsp3) is 0.417. The lowest BCUT2D eigenvalue weighted by atomic mass is 10.1. The second-order valence-corrected chi connectivity index (χ2v) is 4.27. The Kier molecular flexibility index (Phi) is 5.72. The van der Waals surface area contributed by atoms with Crippen molar-refractivity contribution in [1.29, 1.82) is 0 Å². The van der Waals surface area contributed by atoms with Crippen LogP contribution in [0.1, 0.15) is 30.3 Å². The molecule has 0 saturated carbocycles. The first-order valence-corrected chi connectivity index (χ1v) is 5.89. The number of alkyl halides is 1. The van der Waals surface area contributed by atoms with E-state index in [1.807, 2.05) is 0 Å². The van der Waals surface area contributed by atoms with E-state index in [9.17, 15) is 9.18 Å². The molecule has 1 heterocycles. The van der Waals surface area contributed by atoms with Gasteiger partial charge in [-0.1, -0.05) is 5.21 Å². The average molecular weight is 267 g/mol. The van der Waals surface area contributed by atoms with Gasteiger partial charge in [0, 0.05) is 11.4 Å². The molecular formula is C12H18FN5O. The van der Waals surface area contributed by atoms with Gasteiger partial charge in [0.15, 0.2) is 6.29 Å². The molecule has 6 nitrogen and oxygen atoms in total. The van der Waals surface area contributed by atoms with E-state index in [1.54, 1.807) is 19.1 Å². The fourth-order valence-corrected chi connectivity index (χ4v) is 1.40. The molecule has 1 aromatic rings. The molecule has 104 valence electrons. The molecule has 0 saturated heterocycles. The first-order valence-electron chi connectivity index (χ1n) is 5.89. The number of rotatable bonds is 7. The van der Waals surface area contributed by atoms with Crippen LogP contribution in [0.15, 0.2) is 29.7 Å². The molecule has 1 atom stereocenters. The Labute approximate surface area is 111 Å². The van der Waals surface area contributed by atoms with Crippen molar-refractivity contribution in [3.8, 4) is 0 Å². The Balaban J connectivity index is 2.39. The zero-order valence-corrected chi connectivity index (χ0v) is 10.8. The van der Waals surface area contributed by atoms with Gasteiger partial charge in [0.2, 0.25) is 0 Å². The van der Waals surface area contributed by atoms with Gasteiger partial charge in [0.05, 0.1) is 12.7 Å². The van der Waals surface area contributed by atoms with Crippen molar-refractivity contribution < 1.29 is 9.18 Å². The van der Waals surface area contributed by atoms with Gasteiger partial charge in [-0.15, -0.1) is 5.10 Å². The minimum Gasteiger partial charge on any atom is -0.402 e. The smallest absolute Gasteiger partial charge is 0.171 e. The lowest BCUT2D eigenvalue weighted by molar-refractivity contribution is 0.111. The number of aldehydes is 1. The molecule has 0 unspecified atom stereocenters. The molecule has 0 aliphatic rings. The largest absolute Gasteiger partial charge is 0.402 e. The third kappa shape index (κ3) is 5.80. The summed E-state index contributed by atoms with van der Waals surface area (Å²) in [5, 5.41) is 7.19. The van der Waals surface area contributed by atoms with Crippen LogP contribution >= 0.6 is 0 Å². The Bertz CT molecular complexity index is 476. The van der Waals surface area contributed by atoms with Crippen molar-refractivity contribution >= 4 is 6.29 Å². The first kappa shape index (κ1) is 14.9. The number of aromatic nitrogens is 3. The number of carbonyl (C=O) groups is 1. The first-order chi connectivity index (χ1) is 9.01. The molecule has 4 N–H and O–H groups in total. The van der Waals surface area contributed by atoms with E-state index < -0.39 is 6.17 Å². The van der Waals surface area contributed by atoms with Crippen LogP contribution in [-0.2, 0) is 6.54 Å². The quantitative estimate of drug-likeness (QED) is 0.565. The van der Waals surface area contributed by atoms with E-state index in [2.05, 4.69) is 10.3 Å². The van der Waals surface area contributed by atoms with E-state index >= 15 is 0 Å². The standard InChI is InChI=1S/C12H18FN5O/c1-9(14)2-4-11(15)5-3-10(13)6-18-7-12(8-19)16-17-18/h2,4,7-8,10H,3,5-6,14-15H2,1H3/b9-2-,11-4-/t10-/m1/s1. The van der Waals surface area contributed by atoms with E-state index in [0.717, 1.165) is 0 Å². The van der Waals surface area contributed by atoms with Gasteiger partial charge >= 0.3 is 0 Å². The zero-order valence-electron chi connectivity index (χ0n) is 10.8. The molecule has 0 aliphatic heterocycles. The summed E-state index contributed by atoms with van der Waals surface area (Å²) >= 11 is 0. The molecule has 0 radical (unpaired) electrons. The van der Waals surface area contributed by atoms with Gasteiger partial charge < -0.3 is 11.5 Å². The number of halogens is 1. The second kappa shape index (κ2) is 7.30. The molecule has 1 aromatic heterocycles. The van der Waals surface area contributed by atoms with Crippen molar-refractivity contribution in [1.82, 2.24) is 15.0 Å². The minimum atomic E-state index is -1.10. The number of hydrogen-bond acceptors (Lipinski definition) is 5. The van der Waals surface area contributed by atoms with Gasteiger partial charge in [-0.2, -0.15) is 0 Å². The van der Waals surface area contributed by atoms with Gasteiger partial charge in [0.1, 0.15) is 11.9 Å². The van der Waals surface area contributed by atoms with Gasteiger partial charge in [0.25, 0.3) is 0 Å². The van der Waals surface area contributed by atoms with Gasteiger partial charge in [-0.25, -0.2) is 9.07 Å². The lowest BCUT2D eigenvalue weighted by Crippen LogP contribution is -2.13. The van der Waals surface area contributed by atoms with Crippen molar-refractivity contribution in [2.24, 2.45) is 11.5 Å². The topological polar surface area (TPSA) is 99.8 Å². The van der Waals surface area contributed by atoms with Crippen LogP contribution in [0, 0.1) is 0 Å². The molecule has 0 aliphatic carbocycles. The molecule has 0 aromatic carbocycles. The van der Waals surface area contributed by atoms with E-state index in [-0.39, 0.29) is 18.7 Å². The highest BCUT2D eigenvalue weighted by Crippen LogP contribution is 2.08. The van der Waals surface area contributed by atoms with Crippen LogP contribution < -0.4 is 11.5 Å². The second-order valence-electron chi connectivity index (χ2n) is 4.27. The monoisotopic (exact) mass is 267 g/mol. The SMILES string of the molecule is C/C(N)=C/C=C(\N)CC[C@@H](F)Cn1cc(C=O)nn1. The maximum absolute atomic E-state index is 13.7. The zero-order chi connectivity index (χ0) is 14.3. The summed E-state index contributed by atoms with van der Waals surface area (Å²) in [5.74, 6) is 0. The third-order valence-corrected chi connectivity index (χ3v) is 2.37. The maximum Gasteiger partial charge on any atom is 0.171 e. The van der Waals surface area contributed by atoms with Crippen molar-refractivity contribution in [3.63, 3.8) is 0 Å². The van der Waals surface area contributed by atoms with Gasteiger partial charge in [-0.3, -0.25) is 4.79 Å². The third-order valence-electron chi connectivity index (χ3n) is 2.37. The highest BCUT2D eigenvalue weighted by Gasteiger charge is 2.09. The summed E-state index contributed by atoms with van der Waals surface area (Å²) < 4.78 is 15.0. The Morgan fingerprint density at radius 3 is 2.84 bits per heavy atom. The molecule has 0 spiro atoms. The molecular weight excluding hydrogens is 249 g/mol. The van der Waals surface area contributed by atoms with Crippen LogP contribution in [0.4, 0.5) is 4.39 Å². The van der Waals surface area contributed by atoms with E-state index in [1.165, 1.54) is 10.9 Å². The Morgan fingerprint density at radius 1 is 1.53 bits per heavy atom. The highest BCUT2D eigenvalue weighted by molar-refractivity contribution is 5.70. The summed E-state index contributed by atoms with van der Waals surface area (Å²) in [6.45, 7) is 1.80. The van der Waals surface area contributed by atoms with E-state index in [0.29, 0.717) is 24.1 Å². The van der Waals surface area contributed by atoms with Crippen molar-refractivity contribution in [2.45, 2.75) is 32.5 Å². The fourth-order valence-electron chi connectivity index (χ4n) is 1.40. The number of nitrogens with two attached hydrogens (primary N) is 2. The number of hydrogen-bond donors (Lipinski definition) is 2. The molecule has 0 bridgehead atoms. The summed E-state index contributed by atoms with van der Waals surface area (Å²) in [4.78, 5) is 10.4. The van der Waals surface area contributed by atoms with Crippen LogP contribution in [0.2, 0.25) is 0 Å². The Hall–Kier alpha value is -2.18.